The molecule has 0 radical (unpaired) electrons. The molecular formula is C13H9F3N4O. The van der Waals surface area contributed by atoms with Gasteiger partial charge in [-0.25, -0.2) is 4.98 Å². The van der Waals surface area contributed by atoms with Crippen LogP contribution >= 0.6 is 0 Å². The van der Waals surface area contributed by atoms with E-state index in [0.717, 1.165) is 6.07 Å². The summed E-state index contributed by atoms with van der Waals surface area (Å²) in [7, 11) is 0. The Labute approximate surface area is 117 Å². The number of imidazole rings is 1. The fraction of sp³-hybridized carbons (Fsp3) is 0.154. The molecule has 0 aliphatic carbocycles. The number of amides is 1. The molecule has 0 unspecified atom stereocenters. The van der Waals surface area contributed by atoms with Crippen LogP contribution in [0.5, 0.6) is 0 Å². The number of rotatable bonds is 3. The van der Waals surface area contributed by atoms with Crippen LogP contribution in [0.4, 0.5) is 18.9 Å². The van der Waals surface area contributed by atoms with E-state index in [2.05, 4.69) is 10.3 Å². The van der Waals surface area contributed by atoms with Gasteiger partial charge in [-0.3, -0.25) is 4.79 Å². The molecule has 1 amide bonds. The lowest BCUT2D eigenvalue weighted by Crippen LogP contribution is -2.14. The fourth-order valence-electron chi connectivity index (χ4n) is 1.74. The van der Waals surface area contributed by atoms with Gasteiger partial charge in [-0.2, -0.15) is 18.4 Å². The number of hydrogen-bond acceptors (Lipinski definition) is 3. The second-order valence-electron chi connectivity index (χ2n) is 4.08. The SMILES string of the molecule is N#CCC(=O)Nc1ccc(-n2ccnc2)c(C(F)(F)F)c1. The summed E-state index contributed by atoms with van der Waals surface area (Å²) >= 11 is 0. The summed E-state index contributed by atoms with van der Waals surface area (Å²) < 4.78 is 40.5. The van der Waals surface area contributed by atoms with Gasteiger partial charge in [0.05, 0.1) is 23.6 Å². The highest BCUT2D eigenvalue weighted by Gasteiger charge is 2.34. The van der Waals surface area contributed by atoms with Gasteiger partial charge in [0.1, 0.15) is 6.42 Å². The van der Waals surface area contributed by atoms with Crippen LogP contribution in [-0.2, 0) is 11.0 Å². The molecule has 2 aromatic rings. The molecule has 8 heteroatoms. The average molecular weight is 294 g/mol. The van der Waals surface area contributed by atoms with Crippen LogP contribution in [0.15, 0.2) is 36.9 Å². The van der Waals surface area contributed by atoms with Crippen molar-refractivity contribution in [2.75, 3.05) is 5.32 Å². The van der Waals surface area contributed by atoms with Gasteiger partial charge in [-0.15, -0.1) is 0 Å². The van der Waals surface area contributed by atoms with E-state index >= 15 is 0 Å². The normalized spacial score (nSPS) is 11.0. The van der Waals surface area contributed by atoms with Gasteiger partial charge in [0.2, 0.25) is 5.91 Å². The van der Waals surface area contributed by atoms with E-state index in [1.54, 1.807) is 6.07 Å². The van der Waals surface area contributed by atoms with Crippen LogP contribution < -0.4 is 5.32 Å². The Kier molecular flexibility index (Phi) is 3.93. The molecule has 0 spiro atoms. The van der Waals surface area contributed by atoms with E-state index in [1.807, 2.05) is 0 Å². The zero-order valence-electron chi connectivity index (χ0n) is 10.6. The van der Waals surface area contributed by atoms with Crippen molar-refractivity contribution in [2.24, 2.45) is 0 Å². The first-order valence-electron chi connectivity index (χ1n) is 5.78. The molecule has 0 aliphatic rings. The van der Waals surface area contributed by atoms with E-state index < -0.39 is 24.1 Å². The maximum atomic E-state index is 13.1. The summed E-state index contributed by atoms with van der Waals surface area (Å²) in [6, 6.07) is 5.01. The molecular weight excluding hydrogens is 285 g/mol. The Morgan fingerprint density at radius 2 is 2.19 bits per heavy atom. The molecule has 1 N–H and O–H groups in total. The molecule has 108 valence electrons. The van der Waals surface area contributed by atoms with Crippen molar-refractivity contribution in [3.05, 3.63) is 42.5 Å². The van der Waals surface area contributed by atoms with Gasteiger partial charge in [0.25, 0.3) is 0 Å². The molecule has 0 atom stereocenters. The zero-order valence-corrected chi connectivity index (χ0v) is 10.6. The van der Waals surface area contributed by atoms with Crippen LogP contribution in [-0.4, -0.2) is 15.5 Å². The summed E-state index contributed by atoms with van der Waals surface area (Å²) in [5.41, 5.74) is -1.03. The number of hydrogen-bond donors (Lipinski definition) is 1. The van der Waals surface area contributed by atoms with E-state index in [1.165, 1.54) is 35.4 Å². The lowest BCUT2D eigenvalue weighted by Gasteiger charge is -2.15. The molecule has 0 saturated heterocycles. The summed E-state index contributed by atoms with van der Waals surface area (Å²) in [5.74, 6) is -0.666. The Bertz CT molecular complexity index is 686. The molecule has 1 aromatic carbocycles. The number of nitrogens with zero attached hydrogens (tertiary/aromatic N) is 3. The molecule has 21 heavy (non-hydrogen) atoms. The first-order valence-corrected chi connectivity index (χ1v) is 5.78. The van der Waals surface area contributed by atoms with E-state index in [4.69, 9.17) is 5.26 Å². The zero-order chi connectivity index (χ0) is 15.5. The maximum Gasteiger partial charge on any atom is 0.418 e. The number of alkyl halides is 3. The third-order valence-corrected chi connectivity index (χ3v) is 2.61. The molecule has 2 rings (SSSR count). The van der Waals surface area contributed by atoms with E-state index in [9.17, 15) is 18.0 Å². The van der Waals surface area contributed by atoms with Gasteiger partial charge < -0.3 is 9.88 Å². The number of halogens is 3. The maximum absolute atomic E-state index is 13.1. The van der Waals surface area contributed by atoms with Gasteiger partial charge in [-0.05, 0) is 18.2 Å². The van der Waals surface area contributed by atoms with E-state index in [-0.39, 0.29) is 11.4 Å². The summed E-state index contributed by atoms with van der Waals surface area (Å²) in [6.07, 6.45) is -1.01. The van der Waals surface area contributed by atoms with Crippen molar-refractivity contribution in [1.82, 2.24) is 9.55 Å². The molecule has 0 aliphatic heterocycles. The summed E-state index contributed by atoms with van der Waals surface area (Å²) in [6.45, 7) is 0. The minimum absolute atomic E-state index is 0.0218. The van der Waals surface area contributed by atoms with Crippen molar-refractivity contribution in [1.29, 1.82) is 5.26 Å². The first kappa shape index (κ1) is 14.6. The van der Waals surface area contributed by atoms with Crippen molar-refractivity contribution in [2.45, 2.75) is 12.6 Å². The van der Waals surface area contributed by atoms with Crippen LogP contribution in [0.25, 0.3) is 5.69 Å². The molecule has 1 aromatic heterocycles. The average Bonchev–Trinajstić information content (AvgIpc) is 2.91. The highest BCUT2D eigenvalue weighted by molar-refractivity contribution is 5.92. The first-order chi connectivity index (χ1) is 9.91. The van der Waals surface area contributed by atoms with E-state index in [0.29, 0.717) is 0 Å². The molecule has 1 heterocycles. The number of carbonyl (C=O) groups excluding carboxylic acids is 1. The number of nitriles is 1. The van der Waals surface area contributed by atoms with Crippen molar-refractivity contribution < 1.29 is 18.0 Å². The Morgan fingerprint density at radius 1 is 1.43 bits per heavy atom. The predicted molar refractivity (Wildman–Crippen MR) is 67.4 cm³/mol. The fourth-order valence-corrected chi connectivity index (χ4v) is 1.74. The second kappa shape index (κ2) is 5.66. The third kappa shape index (κ3) is 3.39. The monoisotopic (exact) mass is 294 g/mol. The number of anilines is 1. The van der Waals surface area contributed by atoms with Gasteiger partial charge in [0, 0.05) is 18.1 Å². The topological polar surface area (TPSA) is 70.7 Å². The minimum atomic E-state index is -4.59. The van der Waals surface area contributed by atoms with Crippen LogP contribution in [0, 0.1) is 11.3 Å². The van der Waals surface area contributed by atoms with Gasteiger partial charge in [-0.1, -0.05) is 0 Å². The Hall–Kier alpha value is -2.82. The molecule has 0 fully saturated rings. The van der Waals surface area contributed by atoms with Crippen LogP contribution in [0.1, 0.15) is 12.0 Å². The number of carbonyl (C=O) groups is 1. The smallest absolute Gasteiger partial charge is 0.325 e. The highest BCUT2D eigenvalue weighted by Crippen LogP contribution is 2.35. The van der Waals surface area contributed by atoms with Crippen LogP contribution in [0.2, 0.25) is 0 Å². The Morgan fingerprint density at radius 3 is 2.76 bits per heavy atom. The predicted octanol–water partition coefficient (Wildman–Crippen LogP) is 2.74. The Balaban J connectivity index is 2.42. The number of aromatic nitrogens is 2. The third-order valence-electron chi connectivity index (χ3n) is 2.61. The van der Waals surface area contributed by atoms with Crippen molar-refractivity contribution >= 4 is 11.6 Å². The highest BCUT2D eigenvalue weighted by atomic mass is 19.4. The lowest BCUT2D eigenvalue weighted by atomic mass is 10.1. The van der Waals surface area contributed by atoms with Crippen molar-refractivity contribution in [3.8, 4) is 11.8 Å². The number of benzene rings is 1. The van der Waals surface area contributed by atoms with Gasteiger partial charge in [0.15, 0.2) is 0 Å². The summed E-state index contributed by atoms with van der Waals surface area (Å²) in [5, 5.41) is 10.6. The second-order valence-corrected chi connectivity index (χ2v) is 4.08. The largest absolute Gasteiger partial charge is 0.418 e. The quantitative estimate of drug-likeness (QED) is 0.946. The minimum Gasteiger partial charge on any atom is -0.325 e. The molecule has 0 saturated carbocycles. The number of nitrogens with one attached hydrogen (secondary N) is 1. The standard InChI is InChI=1S/C13H9F3N4O/c14-13(15,16)10-7-9(19-12(21)3-4-17)1-2-11(10)20-6-5-18-8-20/h1-2,5-8H,3H2,(H,19,21). The van der Waals surface area contributed by atoms with Crippen LogP contribution in [0.3, 0.4) is 0 Å². The van der Waals surface area contributed by atoms with Crippen molar-refractivity contribution in [3.63, 3.8) is 0 Å². The van der Waals surface area contributed by atoms with Gasteiger partial charge >= 0.3 is 6.18 Å². The lowest BCUT2D eigenvalue weighted by molar-refractivity contribution is -0.137. The molecule has 5 nitrogen and oxygen atoms in total. The molecule has 0 bridgehead atoms. The summed E-state index contributed by atoms with van der Waals surface area (Å²) in [4.78, 5) is 15.0.